The summed E-state index contributed by atoms with van der Waals surface area (Å²) >= 11 is 0. The molecule has 48 valence electrons. The van der Waals surface area contributed by atoms with Crippen LogP contribution in [0.4, 0.5) is 0 Å². The summed E-state index contributed by atoms with van der Waals surface area (Å²) in [6.07, 6.45) is 1.21. The van der Waals surface area contributed by atoms with Crippen molar-refractivity contribution in [3.63, 3.8) is 0 Å². The summed E-state index contributed by atoms with van der Waals surface area (Å²) in [5.74, 6) is 0.750. The minimum atomic E-state index is 0.435. The molecule has 0 aliphatic heterocycles. The van der Waals surface area contributed by atoms with E-state index in [2.05, 4.69) is 12.2 Å². The van der Waals surface area contributed by atoms with Crippen molar-refractivity contribution in [2.24, 2.45) is 11.7 Å². The molecule has 2 nitrogen and oxygen atoms in total. The fourth-order valence-electron chi connectivity index (χ4n) is 1.33. The molecule has 0 aromatic rings. The second-order valence-corrected chi connectivity index (χ2v) is 2.46. The zero-order chi connectivity index (χ0) is 6.15. The Labute approximate surface area is 50.4 Å². The van der Waals surface area contributed by atoms with Gasteiger partial charge in [0.2, 0.25) is 0 Å². The average molecular weight is 114 g/mol. The molecule has 0 spiro atoms. The lowest BCUT2D eigenvalue weighted by Gasteiger charge is -1.88. The number of hydrogen-bond donors (Lipinski definition) is 2. The predicted molar refractivity (Wildman–Crippen MR) is 34.6 cm³/mol. The maximum Gasteiger partial charge on any atom is 0.0262 e. The second-order valence-electron chi connectivity index (χ2n) is 2.46. The topological polar surface area (TPSA) is 38.0 Å². The van der Waals surface area contributed by atoms with Crippen LogP contribution in [0.25, 0.3) is 0 Å². The molecule has 8 heavy (non-hydrogen) atoms. The van der Waals surface area contributed by atoms with E-state index in [0.29, 0.717) is 12.1 Å². The summed E-state index contributed by atoms with van der Waals surface area (Å²) in [6, 6.07) is 1.05. The molecule has 0 aromatic carbocycles. The summed E-state index contributed by atoms with van der Waals surface area (Å²) in [6.45, 7) is 2.18. The fraction of sp³-hybridized carbons (Fsp3) is 1.00. The Morgan fingerprint density at radius 2 is 2.25 bits per heavy atom. The molecular weight excluding hydrogens is 100 g/mol. The average Bonchev–Trinajstić information content (AvgIpc) is 2.40. The smallest absolute Gasteiger partial charge is 0.0262 e. The Hall–Kier alpha value is -0.0800. The molecule has 0 aromatic heterocycles. The molecule has 0 amide bonds. The van der Waals surface area contributed by atoms with Gasteiger partial charge in [-0.05, 0) is 13.0 Å². The highest BCUT2D eigenvalue weighted by molar-refractivity contribution is 5.05. The highest BCUT2D eigenvalue weighted by Gasteiger charge is 2.44. The van der Waals surface area contributed by atoms with E-state index in [0.717, 1.165) is 5.92 Å². The standard InChI is InChI=1S/C6H14N2/c1-3-4-5(7)6(4)8-2/h4-6,8H,3,7H2,1-2H3/t4?,5?,6-/m1/s1. The van der Waals surface area contributed by atoms with E-state index in [1.807, 2.05) is 7.05 Å². The molecule has 0 radical (unpaired) electrons. The van der Waals surface area contributed by atoms with Gasteiger partial charge in [-0.1, -0.05) is 13.3 Å². The Balaban J connectivity index is 2.23. The quantitative estimate of drug-likeness (QED) is 0.528. The van der Waals surface area contributed by atoms with E-state index in [-0.39, 0.29) is 0 Å². The van der Waals surface area contributed by atoms with Gasteiger partial charge < -0.3 is 11.1 Å². The van der Waals surface area contributed by atoms with Crippen LogP contribution in [0.15, 0.2) is 0 Å². The number of nitrogens with one attached hydrogen (secondary N) is 1. The highest BCUT2D eigenvalue weighted by Crippen LogP contribution is 2.31. The molecule has 1 rings (SSSR count). The lowest BCUT2D eigenvalue weighted by molar-refractivity contribution is 0.686. The van der Waals surface area contributed by atoms with Crippen molar-refractivity contribution in [2.45, 2.75) is 25.4 Å². The molecule has 3 atom stereocenters. The predicted octanol–water partition coefficient (Wildman–Crippen LogP) is -0.0585. The van der Waals surface area contributed by atoms with Gasteiger partial charge in [-0.2, -0.15) is 0 Å². The molecule has 1 aliphatic rings. The number of likely N-dealkylation sites (N-methyl/N-ethyl adjacent to an activating group) is 1. The van der Waals surface area contributed by atoms with Gasteiger partial charge in [0.1, 0.15) is 0 Å². The summed E-state index contributed by atoms with van der Waals surface area (Å²) in [5.41, 5.74) is 5.67. The van der Waals surface area contributed by atoms with Crippen molar-refractivity contribution in [1.82, 2.24) is 5.32 Å². The molecule has 2 heteroatoms. The van der Waals surface area contributed by atoms with Crippen LogP contribution < -0.4 is 11.1 Å². The molecule has 1 aliphatic carbocycles. The van der Waals surface area contributed by atoms with Gasteiger partial charge in [-0.15, -0.1) is 0 Å². The Bertz CT molecular complexity index is 72.6. The van der Waals surface area contributed by atoms with Crippen LogP contribution >= 0.6 is 0 Å². The zero-order valence-electron chi connectivity index (χ0n) is 5.52. The Kier molecular flexibility index (Phi) is 1.54. The van der Waals surface area contributed by atoms with E-state index in [1.54, 1.807) is 0 Å². The van der Waals surface area contributed by atoms with E-state index in [4.69, 9.17) is 5.73 Å². The molecule has 3 N–H and O–H groups in total. The van der Waals surface area contributed by atoms with Crippen molar-refractivity contribution >= 4 is 0 Å². The van der Waals surface area contributed by atoms with E-state index in [9.17, 15) is 0 Å². The van der Waals surface area contributed by atoms with Crippen LogP contribution in [0.2, 0.25) is 0 Å². The molecule has 2 unspecified atom stereocenters. The van der Waals surface area contributed by atoms with Crippen LogP contribution in [0.5, 0.6) is 0 Å². The lowest BCUT2D eigenvalue weighted by Crippen LogP contribution is -2.17. The summed E-state index contributed by atoms with van der Waals surface area (Å²) in [4.78, 5) is 0. The molecule has 0 heterocycles. The van der Waals surface area contributed by atoms with Gasteiger partial charge in [0.15, 0.2) is 0 Å². The molecule has 1 fully saturated rings. The molecule has 1 saturated carbocycles. The van der Waals surface area contributed by atoms with Gasteiger partial charge in [-0.25, -0.2) is 0 Å². The monoisotopic (exact) mass is 114 g/mol. The van der Waals surface area contributed by atoms with Crippen molar-refractivity contribution in [3.8, 4) is 0 Å². The van der Waals surface area contributed by atoms with Gasteiger partial charge >= 0.3 is 0 Å². The summed E-state index contributed by atoms with van der Waals surface area (Å²) in [5, 5.41) is 3.16. The third-order valence-corrected chi connectivity index (χ3v) is 2.03. The van der Waals surface area contributed by atoms with Crippen LogP contribution in [-0.2, 0) is 0 Å². The van der Waals surface area contributed by atoms with Crippen LogP contribution in [0.1, 0.15) is 13.3 Å². The highest BCUT2D eigenvalue weighted by atomic mass is 15.0. The summed E-state index contributed by atoms with van der Waals surface area (Å²) in [7, 11) is 1.97. The normalized spacial score (nSPS) is 44.6. The van der Waals surface area contributed by atoms with Crippen molar-refractivity contribution in [3.05, 3.63) is 0 Å². The van der Waals surface area contributed by atoms with Gasteiger partial charge in [0.05, 0.1) is 0 Å². The second kappa shape index (κ2) is 2.03. The minimum absolute atomic E-state index is 0.435. The van der Waals surface area contributed by atoms with E-state index < -0.39 is 0 Å². The summed E-state index contributed by atoms with van der Waals surface area (Å²) < 4.78 is 0. The molecule has 0 saturated heterocycles. The van der Waals surface area contributed by atoms with E-state index >= 15 is 0 Å². The fourth-order valence-corrected chi connectivity index (χ4v) is 1.33. The largest absolute Gasteiger partial charge is 0.326 e. The number of nitrogens with two attached hydrogens (primary N) is 1. The Morgan fingerprint density at radius 1 is 1.62 bits per heavy atom. The third-order valence-electron chi connectivity index (χ3n) is 2.03. The van der Waals surface area contributed by atoms with Crippen molar-refractivity contribution < 1.29 is 0 Å². The van der Waals surface area contributed by atoms with Crippen LogP contribution in [0.3, 0.4) is 0 Å². The molecular formula is C6H14N2. The maximum atomic E-state index is 5.67. The number of rotatable bonds is 2. The van der Waals surface area contributed by atoms with Crippen molar-refractivity contribution in [2.75, 3.05) is 7.05 Å². The van der Waals surface area contributed by atoms with Crippen LogP contribution in [0, 0.1) is 5.92 Å². The van der Waals surface area contributed by atoms with E-state index in [1.165, 1.54) is 6.42 Å². The third kappa shape index (κ3) is 0.740. The first-order chi connectivity index (χ1) is 3.81. The van der Waals surface area contributed by atoms with Crippen LogP contribution in [-0.4, -0.2) is 19.1 Å². The Morgan fingerprint density at radius 3 is 2.38 bits per heavy atom. The van der Waals surface area contributed by atoms with Gasteiger partial charge in [0, 0.05) is 12.1 Å². The first-order valence-electron chi connectivity index (χ1n) is 3.24. The molecule has 0 bridgehead atoms. The zero-order valence-corrected chi connectivity index (χ0v) is 5.52. The number of hydrogen-bond acceptors (Lipinski definition) is 2. The minimum Gasteiger partial charge on any atom is -0.326 e. The lowest BCUT2D eigenvalue weighted by atomic mass is 10.3. The van der Waals surface area contributed by atoms with Gasteiger partial charge in [-0.3, -0.25) is 0 Å². The van der Waals surface area contributed by atoms with Gasteiger partial charge in [0.25, 0.3) is 0 Å². The maximum absolute atomic E-state index is 5.67. The SMILES string of the molecule is CCC1C(N)[C@@H]1NC. The first kappa shape index (κ1) is 6.05. The first-order valence-corrected chi connectivity index (χ1v) is 3.24. The van der Waals surface area contributed by atoms with Crippen molar-refractivity contribution in [1.29, 1.82) is 0 Å².